The van der Waals surface area contributed by atoms with Crippen molar-refractivity contribution in [2.75, 3.05) is 40.0 Å². The highest BCUT2D eigenvalue weighted by atomic mass is 16.5. The lowest BCUT2D eigenvalue weighted by atomic mass is 9.81. The van der Waals surface area contributed by atoms with Crippen LogP contribution in [0.2, 0.25) is 0 Å². The van der Waals surface area contributed by atoms with E-state index < -0.39 is 0 Å². The third-order valence-electron chi connectivity index (χ3n) is 5.29. The summed E-state index contributed by atoms with van der Waals surface area (Å²) in [5.74, 6) is 1.33. The van der Waals surface area contributed by atoms with Gasteiger partial charge in [-0.2, -0.15) is 0 Å². The van der Waals surface area contributed by atoms with E-state index in [0.29, 0.717) is 12.0 Å². The predicted octanol–water partition coefficient (Wildman–Crippen LogP) is 1.88. The van der Waals surface area contributed by atoms with Crippen LogP contribution in [-0.4, -0.2) is 56.5 Å². The van der Waals surface area contributed by atoms with Crippen molar-refractivity contribution < 1.29 is 9.47 Å². The van der Waals surface area contributed by atoms with Crippen LogP contribution in [0, 0.1) is 11.8 Å². The van der Waals surface area contributed by atoms with Crippen LogP contribution >= 0.6 is 0 Å². The minimum atomic E-state index is 0.130. The lowest BCUT2D eigenvalue weighted by Crippen LogP contribution is -2.58. The average molecular weight is 284 g/mol. The molecule has 2 fully saturated rings. The van der Waals surface area contributed by atoms with Crippen molar-refractivity contribution in [3.8, 4) is 0 Å². The van der Waals surface area contributed by atoms with Gasteiger partial charge in [0.25, 0.3) is 0 Å². The summed E-state index contributed by atoms with van der Waals surface area (Å²) in [5.41, 5.74) is 6.32. The highest BCUT2D eigenvalue weighted by Gasteiger charge is 2.40. The van der Waals surface area contributed by atoms with Gasteiger partial charge in [0, 0.05) is 38.4 Å². The predicted molar refractivity (Wildman–Crippen MR) is 81.8 cm³/mol. The van der Waals surface area contributed by atoms with Gasteiger partial charge in [-0.05, 0) is 44.6 Å². The number of nitrogens with two attached hydrogens (primary N) is 1. The Morgan fingerprint density at radius 1 is 1.25 bits per heavy atom. The Hall–Kier alpha value is -0.160. The molecule has 2 N–H and O–H groups in total. The lowest BCUT2D eigenvalue weighted by Gasteiger charge is -2.48. The number of likely N-dealkylation sites (N-methyl/N-ethyl adjacent to an activating group) is 1. The first-order valence-corrected chi connectivity index (χ1v) is 8.18. The summed E-state index contributed by atoms with van der Waals surface area (Å²) in [7, 11) is 2.25. The fourth-order valence-electron chi connectivity index (χ4n) is 3.56. The van der Waals surface area contributed by atoms with Gasteiger partial charge in [0.1, 0.15) is 0 Å². The molecule has 2 aliphatic rings. The fourth-order valence-corrected chi connectivity index (χ4v) is 3.56. The Morgan fingerprint density at radius 3 is 2.55 bits per heavy atom. The molecule has 2 rings (SSSR count). The third-order valence-corrected chi connectivity index (χ3v) is 5.29. The summed E-state index contributed by atoms with van der Waals surface area (Å²) in [6.45, 7) is 9.06. The van der Waals surface area contributed by atoms with Gasteiger partial charge >= 0.3 is 0 Å². The molecule has 2 unspecified atom stereocenters. The van der Waals surface area contributed by atoms with Crippen LogP contribution in [0.4, 0.5) is 0 Å². The van der Waals surface area contributed by atoms with Crippen molar-refractivity contribution in [3.63, 3.8) is 0 Å². The minimum Gasteiger partial charge on any atom is -0.381 e. The maximum absolute atomic E-state index is 6.18. The van der Waals surface area contributed by atoms with Crippen molar-refractivity contribution in [1.82, 2.24) is 4.90 Å². The molecule has 0 saturated carbocycles. The van der Waals surface area contributed by atoms with Crippen molar-refractivity contribution in [3.05, 3.63) is 0 Å². The Bertz CT molecular complexity index is 292. The Morgan fingerprint density at radius 2 is 1.95 bits per heavy atom. The second kappa shape index (κ2) is 7.21. The molecule has 2 aliphatic heterocycles. The quantitative estimate of drug-likeness (QED) is 0.837. The molecule has 20 heavy (non-hydrogen) atoms. The van der Waals surface area contributed by atoms with Crippen LogP contribution in [0.3, 0.4) is 0 Å². The molecule has 4 heteroatoms. The Labute approximate surface area is 124 Å². The van der Waals surface area contributed by atoms with E-state index in [0.717, 1.165) is 51.7 Å². The molecule has 0 bridgehead atoms. The average Bonchev–Trinajstić information content (AvgIpc) is 2.48. The van der Waals surface area contributed by atoms with Gasteiger partial charge < -0.3 is 15.2 Å². The second-order valence-corrected chi connectivity index (χ2v) is 6.97. The summed E-state index contributed by atoms with van der Waals surface area (Å²) in [4.78, 5) is 2.53. The molecule has 0 aromatic heterocycles. The standard InChI is InChI=1S/C16H32N2O2/c1-13(2)15-10-16(12-17,6-9-20-15)18(3)11-14-4-7-19-8-5-14/h13-15H,4-12,17H2,1-3H3. The van der Waals surface area contributed by atoms with Gasteiger partial charge in [0.2, 0.25) is 0 Å². The van der Waals surface area contributed by atoms with Crippen LogP contribution in [0.25, 0.3) is 0 Å². The first-order chi connectivity index (χ1) is 9.57. The molecule has 0 aromatic rings. The highest BCUT2D eigenvalue weighted by molar-refractivity contribution is 4.96. The van der Waals surface area contributed by atoms with Gasteiger partial charge in [-0.3, -0.25) is 4.90 Å². The van der Waals surface area contributed by atoms with Crippen LogP contribution in [-0.2, 0) is 9.47 Å². The molecule has 2 atom stereocenters. The molecule has 0 radical (unpaired) electrons. The zero-order chi connectivity index (χ0) is 14.6. The molecule has 0 aliphatic carbocycles. The van der Waals surface area contributed by atoms with Gasteiger partial charge in [-0.15, -0.1) is 0 Å². The molecular formula is C16H32N2O2. The van der Waals surface area contributed by atoms with Crippen LogP contribution < -0.4 is 5.73 Å². The fraction of sp³-hybridized carbons (Fsp3) is 1.00. The SMILES string of the molecule is CC(C)C1CC(CN)(N(C)CC2CCOCC2)CCO1. The van der Waals surface area contributed by atoms with Crippen molar-refractivity contribution in [1.29, 1.82) is 0 Å². The number of nitrogens with zero attached hydrogens (tertiary/aromatic N) is 1. The smallest absolute Gasteiger partial charge is 0.0616 e. The molecular weight excluding hydrogens is 252 g/mol. The highest BCUT2D eigenvalue weighted by Crippen LogP contribution is 2.33. The Balaban J connectivity index is 1.97. The van der Waals surface area contributed by atoms with E-state index >= 15 is 0 Å². The van der Waals surface area contributed by atoms with E-state index in [-0.39, 0.29) is 5.54 Å². The van der Waals surface area contributed by atoms with E-state index in [1.807, 2.05) is 0 Å². The molecule has 118 valence electrons. The van der Waals surface area contributed by atoms with Crippen molar-refractivity contribution in [2.24, 2.45) is 17.6 Å². The summed E-state index contributed by atoms with van der Waals surface area (Å²) in [5, 5.41) is 0. The third kappa shape index (κ3) is 3.73. The van der Waals surface area contributed by atoms with Gasteiger partial charge in [0.05, 0.1) is 6.10 Å². The summed E-state index contributed by atoms with van der Waals surface area (Å²) < 4.78 is 11.4. The lowest BCUT2D eigenvalue weighted by molar-refractivity contribution is -0.0867. The van der Waals surface area contributed by atoms with E-state index in [1.165, 1.54) is 12.8 Å². The number of rotatable bonds is 5. The Kier molecular flexibility index (Phi) is 5.84. The molecule has 2 saturated heterocycles. The zero-order valence-electron chi connectivity index (χ0n) is 13.4. The maximum atomic E-state index is 6.18. The summed E-state index contributed by atoms with van der Waals surface area (Å²) >= 11 is 0. The van der Waals surface area contributed by atoms with Gasteiger partial charge in [-0.1, -0.05) is 13.8 Å². The summed E-state index contributed by atoms with van der Waals surface area (Å²) in [6, 6.07) is 0. The van der Waals surface area contributed by atoms with Gasteiger partial charge in [-0.25, -0.2) is 0 Å². The van der Waals surface area contributed by atoms with Gasteiger partial charge in [0.15, 0.2) is 0 Å². The van der Waals surface area contributed by atoms with E-state index in [4.69, 9.17) is 15.2 Å². The van der Waals surface area contributed by atoms with Crippen molar-refractivity contribution >= 4 is 0 Å². The number of hydrogen-bond acceptors (Lipinski definition) is 4. The van der Waals surface area contributed by atoms with E-state index in [2.05, 4.69) is 25.8 Å². The minimum absolute atomic E-state index is 0.130. The van der Waals surface area contributed by atoms with Crippen LogP contribution in [0.1, 0.15) is 39.5 Å². The molecule has 2 heterocycles. The molecule has 0 aromatic carbocycles. The molecule has 4 nitrogen and oxygen atoms in total. The first kappa shape index (κ1) is 16.2. The number of ether oxygens (including phenoxy) is 2. The topological polar surface area (TPSA) is 47.7 Å². The van der Waals surface area contributed by atoms with Crippen LogP contribution in [0.15, 0.2) is 0 Å². The van der Waals surface area contributed by atoms with Crippen LogP contribution in [0.5, 0.6) is 0 Å². The normalized spacial score (nSPS) is 33.0. The zero-order valence-corrected chi connectivity index (χ0v) is 13.4. The maximum Gasteiger partial charge on any atom is 0.0616 e. The van der Waals surface area contributed by atoms with Crippen molar-refractivity contribution in [2.45, 2.75) is 51.2 Å². The molecule has 0 amide bonds. The first-order valence-electron chi connectivity index (χ1n) is 8.18. The molecule has 0 spiro atoms. The second-order valence-electron chi connectivity index (χ2n) is 6.97. The summed E-state index contributed by atoms with van der Waals surface area (Å²) in [6.07, 6.45) is 4.86. The largest absolute Gasteiger partial charge is 0.381 e. The monoisotopic (exact) mass is 284 g/mol. The van der Waals surface area contributed by atoms with E-state index in [9.17, 15) is 0 Å². The van der Waals surface area contributed by atoms with E-state index in [1.54, 1.807) is 0 Å². The number of hydrogen-bond donors (Lipinski definition) is 1.